The van der Waals surface area contributed by atoms with E-state index in [1.54, 1.807) is 13.0 Å². The van der Waals surface area contributed by atoms with Crippen molar-refractivity contribution >= 4 is 15.7 Å². The highest BCUT2D eigenvalue weighted by molar-refractivity contribution is 7.89. The maximum absolute atomic E-state index is 12.4. The summed E-state index contributed by atoms with van der Waals surface area (Å²) in [6.07, 6.45) is 1.84. The minimum atomic E-state index is -3.41. The van der Waals surface area contributed by atoms with E-state index in [0.717, 1.165) is 18.4 Å². The lowest BCUT2D eigenvalue weighted by atomic mass is 10.2. The highest BCUT2D eigenvalue weighted by Gasteiger charge is 2.28. The van der Waals surface area contributed by atoms with Crippen molar-refractivity contribution in [2.75, 3.05) is 25.9 Å². The highest BCUT2D eigenvalue weighted by atomic mass is 32.2. The summed E-state index contributed by atoms with van der Waals surface area (Å²) in [4.78, 5) is 0.250. The molecule has 0 bridgehead atoms. The van der Waals surface area contributed by atoms with Gasteiger partial charge in [0.1, 0.15) is 5.75 Å². The van der Waals surface area contributed by atoms with Gasteiger partial charge in [-0.3, -0.25) is 0 Å². The number of nitrogens with zero attached hydrogens (tertiary/aromatic N) is 1. The van der Waals surface area contributed by atoms with Gasteiger partial charge in [0, 0.05) is 13.1 Å². The first-order valence-electron chi connectivity index (χ1n) is 5.91. The van der Waals surface area contributed by atoms with Gasteiger partial charge in [-0.25, -0.2) is 8.42 Å². The van der Waals surface area contributed by atoms with Crippen LogP contribution in [0.5, 0.6) is 5.75 Å². The van der Waals surface area contributed by atoms with Crippen LogP contribution in [0.4, 0.5) is 5.69 Å². The standard InChI is InChI=1S/C12H18N2O3S/c1-9-7-10(8-11(13)12(9)17-2)18(15,16)14-5-3-4-6-14/h7-8H,3-6,13H2,1-2H3. The molecule has 0 spiro atoms. The predicted octanol–water partition coefficient (Wildman–Crippen LogP) is 1.37. The van der Waals surface area contributed by atoms with Gasteiger partial charge < -0.3 is 10.5 Å². The Kier molecular flexibility index (Phi) is 3.49. The number of methoxy groups -OCH3 is 1. The van der Waals surface area contributed by atoms with Gasteiger partial charge in [-0.05, 0) is 37.5 Å². The van der Waals surface area contributed by atoms with Gasteiger partial charge in [-0.15, -0.1) is 0 Å². The summed E-state index contributed by atoms with van der Waals surface area (Å²) in [5.74, 6) is 0.537. The molecule has 1 fully saturated rings. The summed E-state index contributed by atoms with van der Waals surface area (Å²) in [7, 11) is -1.89. The van der Waals surface area contributed by atoms with Crippen molar-refractivity contribution in [1.29, 1.82) is 0 Å². The summed E-state index contributed by atoms with van der Waals surface area (Å²) >= 11 is 0. The number of nitrogen functional groups attached to an aromatic ring is 1. The Bertz CT molecular complexity index is 525. The smallest absolute Gasteiger partial charge is 0.243 e. The summed E-state index contributed by atoms with van der Waals surface area (Å²) in [5, 5.41) is 0. The summed E-state index contributed by atoms with van der Waals surface area (Å²) in [6.45, 7) is 2.97. The van der Waals surface area contributed by atoms with E-state index >= 15 is 0 Å². The van der Waals surface area contributed by atoms with Crippen molar-refractivity contribution in [2.24, 2.45) is 0 Å². The molecule has 0 unspecified atom stereocenters. The molecule has 1 aromatic rings. The number of hydrogen-bond acceptors (Lipinski definition) is 4. The Hall–Kier alpha value is -1.27. The summed E-state index contributed by atoms with van der Waals surface area (Å²) < 4.78 is 31.4. The van der Waals surface area contributed by atoms with E-state index in [0.29, 0.717) is 24.5 Å². The molecule has 0 aliphatic carbocycles. The Morgan fingerprint density at radius 2 is 1.89 bits per heavy atom. The molecule has 2 N–H and O–H groups in total. The Morgan fingerprint density at radius 1 is 1.28 bits per heavy atom. The van der Waals surface area contributed by atoms with Gasteiger partial charge in [0.05, 0.1) is 17.7 Å². The number of ether oxygens (including phenoxy) is 1. The predicted molar refractivity (Wildman–Crippen MR) is 70.1 cm³/mol. The maximum atomic E-state index is 12.4. The fourth-order valence-corrected chi connectivity index (χ4v) is 3.91. The Morgan fingerprint density at radius 3 is 2.39 bits per heavy atom. The maximum Gasteiger partial charge on any atom is 0.243 e. The van der Waals surface area contributed by atoms with Crippen LogP contribution < -0.4 is 10.5 Å². The largest absolute Gasteiger partial charge is 0.494 e. The molecule has 1 aliphatic rings. The zero-order chi connectivity index (χ0) is 13.3. The normalized spacial score (nSPS) is 17.0. The topological polar surface area (TPSA) is 72.6 Å². The lowest BCUT2D eigenvalue weighted by Gasteiger charge is -2.17. The fraction of sp³-hybridized carbons (Fsp3) is 0.500. The molecule has 0 atom stereocenters. The average molecular weight is 270 g/mol. The minimum Gasteiger partial charge on any atom is -0.494 e. The van der Waals surface area contributed by atoms with Crippen LogP contribution >= 0.6 is 0 Å². The van der Waals surface area contributed by atoms with Gasteiger partial charge in [0.25, 0.3) is 0 Å². The van der Waals surface area contributed by atoms with E-state index in [4.69, 9.17) is 10.5 Å². The molecule has 0 aromatic heterocycles. The second-order valence-electron chi connectivity index (χ2n) is 4.47. The van der Waals surface area contributed by atoms with Crippen LogP contribution in [0.1, 0.15) is 18.4 Å². The third-order valence-corrected chi connectivity index (χ3v) is 5.06. The second-order valence-corrected chi connectivity index (χ2v) is 6.41. The average Bonchev–Trinajstić information content (AvgIpc) is 2.82. The summed E-state index contributed by atoms with van der Waals surface area (Å²) in [5.41, 5.74) is 6.91. The van der Waals surface area contributed by atoms with E-state index in [1.807, 2.05) is 0 Å². The van der Waals surface area contributed by atoms with Gasteiger partial charge in [-0.1, -0.05) is 0 Å². The zero-order valence-corrected chi connectivity index (χ0v) is 11.5. The van der Waals surface area contributed by atoms with Crippen molar-refractivity contribution in [3.05, 3.63) is 17.7 Å². The molecule has 1 aliphatic heterocycles. The number of benzene rings is 1. The van der Waals surface area contributed by atoms with E-state index in [1.165, 1.54) is 17.5 Å². The van der Waals surface area contributed by atoms with Gasteiger partial charge in [-0.2, -0.15) is 4.31 Å². The molecule has 1 heterocycles. The highest BCUT2D eigenvalue weighted by Crippen LogP contribution is 2.31. The van der Waals surface area contributed by atoms with Gasteiger partial charge in [0.2, 0.25) is 10.0 Å². The molecular weight excluding hydrogens is 252 g/mol. The fourth-order valence-electron chi connectivity index (χ4n) is 2.27. The summed E-state index contributed by atoms with van der Waals surface area (Å²) in [6, 6.07) is 3.09. The molecule has 18 heavy (non-hydrogen) atoms. The number of nitrogens with two attached hydrogens (primary N) is 1. The molecular formula is C12H18N2O3S. The quantitative estimate of drug-likeness (QED) is 0.842. The first kappa shape index (κ1) is 13.2. The van der Waals surface area contributed by atoms with Gasteiger partial charge >= 0.3 is 0 Å². The van der Waals surface area contributed by atoms with E-state index in [-0.39, 0.29) is 4.90 Å². The molecule has 5 nitrogen and oxygen atoms in total. The van der Waals surface area contributed by atoms with E-state index in [2.05, 4.69) is 0 Å². The number of hydrogen-bond donors (Lipinski definition) is 1. The van der Waals surface area contributed by atoms with E-state index < -0.39 is 10.0 Å². The number of aryl methyl sites for hydroxylation is 1. The van der Waals surface area contributed by atoms with Crippen molar-refractivity contribution in [1.82, 2.24) is 4.31 Å². The number of sulfonamides is 1. The van der Waals surface area contributed by atoms with Crippen LogP contribution in [0, 0.1) is 6.92 Å². The second kappa shape index (κ2) is 4.78. The monoisotopic (exact) mass is 270 g/mol. The third kappa shape index (κ3) is 2.18. The minimum absolute atomic E-state index is 0.250. The SMILES string of the molecule is COc1c(C)cc(S(=O)(=O)N2CCCC2)cc1N. The van der Waals surface area contributed by atoms with Crippen molar-refractivity contribution in [2.45, 2.75) is 24.7 Å². The van der Waals surface area contributed by atoms with Crippen LogP contribution in [0.2, 0.25) is 0 Å². The van der Waals surface area contributed by atoms with Crippen molar-refractivity contribution in [3.8, 4) is 5.75 Å². The number of rotatable bonds is 3. The lowest BCUT2D eigenvalue weighted by molar-refractivity contribution is 0.413. The first-order valence-corrected chi connectivity index (χ1v) is 7.35. The molecule has 6 heteroatoms. The first-order chi connectivity index (χ1) is 8.46. The third-order valence-electron chi connectivity index (χ3n) is 3.18. The molecule has 100 valence electrons. The Balaban J connectivity index is 2.45. The van der Waals surface area contributed by atoms with E-state index in [9.17, 15) is 8.42 Å². The van der Waals surface area contributed by atoms with Crippen LogP contribution in [-0.4, -0.2) is 32.9 Å². The molecule has 0 radical (unpaired) electrons. The van der Waals surface area contributed by atoms with Crippen LogP contribution in [0.3, 0.4) is 0 Å². The number of anilines is 1. The van der Waals surface area contributed by atoms with Gasteiger partial charge in [0.15, 0.2) is 0 Å². The molecule has 0 saturated carbocycles. The molecule has 1 saturated heterocycles. The zero-order valence-electron chi connectivity index (χ0n) is 10.6. The van der Waals surface area contributed by atoms with Crippen molar-refractivity contribution in [3.63, 3.8) is 0 Å². The molecule has 1 aromatic carbocycles. The molecule has 2 rings (SSSR count). The van der Waals surface area contributed by atoms with Crippen molar-refractivity contribution < 1.29 is 13.2 Å². The van der Waals surface area contributed by atoms with Crippen LogP contribution in [0.15, 0.2) is 17.0 Å². The van der Waals surface area contributed by atoms with Crippen LogP contribution in [0.25, 0.3) is 0 Å². The Labute approximate surface area is 108 Å². The lowest BCUT2D eigenvalue weighted by Crippen LogP contribution is -2.28. The van der Waals surface area contributed by atoms with Crippen LogP contribution in [-0.2, 0) is 10.0 Å². The molecule has 0 amide bonds.